The first-order valence-electron chi connectivity index (χ1n) is 11.9. The van der Waals surface area contributed by atoms with Crippen LogP contribution in [-0.2, 0) is 17.4 Å². The van der Waals surface area contributed by atoms with Gasteiger partial charge < -0.3 is 10.2 Å². The Morgan fingerprint density at radius 3 is 2.51 bits per heavy atom. The Bertz CT molecular complexity index is 1240. The standard InChI is InChI=1S/C26H27F3N4OS.2ClH/c27-26(28,29)20-8-6-18(7-9-20)3-2-12-32-13-10-19(11-14-32)16-31-25(34)22-15-21-17-30-23-4-1-5-24(35-22)33(21)23;;/h1,4-9,15,17,19H,2-3,10-14,16H2,(H,31,34);2*1H. The molecule has 0 bridgehead atoms. The number of carbonyl (C=O) groups excluding carboxylic acids is 1. The Morgan fingerprint density at radius 2 is 1.81 bits per heavy atom. The summed E-state index contributed by atoms with van der Waals surface area (Å²) in [6, 6.07) is 11.4. The van der Waals surface area contributed by atoms with Crippen LogP contribution in [0.2, 0.25) is 0 Å². The van der Waals surface area contributed by atoms with E-state index in [9.17, 15) is 18.0 Å². The number of hydrogen-bond acceptors (Lipinski definition) is 4. The lowest BCUT2D eigenvalue weighted by Crippen LogP contribution is -2.39. The summed E-state index contributed by atoms with van der Waals surface area (Å²) < 4.78 is 40.1. The number of pyridine rings is 1. The lowest BCUT2D eigenvalue weighted by atomic mass is 9.96. The van der Waals surface area contributed by atoms with Crippen LogP contribution in [0.25, 0.3) is 11.7 Å². The molecule has 2 aromatic heterocycles. The van der Waals surface area contributed by atoms with Crippen molar-refractivity contribution < 1.29 is 18.0 Å². The van der Waals surface area contributed by atoms with Gasteiger partial charge in [-0.25, -0.2) is 4.98 Å². The molecule has 4 heterocycles. The van der Waals surface area contributed by atoms with Crippen LogP contribution in [0, 0.1) is 5.92 Å². The minimum Gasteiger partial charge on any atom is -0.351 e. The molecule has 11 heteroatoms. The molecule has 1 N–H and O–H groups in total. The monoisotopic (exact) mass is 572 g/mol. The molecule has 2 aliphatic heterocycles. The molecule has 0 radical (unpaired) electrons. The highest BCUT2D eigenvalue weighted by molar-refractivity contribution is 8.04. The number of piperidine rings is 1. The van der Waals surface area contributed by atoms with E-state index >= 15 is 0 Å². The van der Waals surface area contributed by atoms with E-state index in [0.29, 0.717) is 17.4 Å². The zero-order valence-electron chi connectivity index (χ0n) is 20.0. The Morgan fingerprint density at radius 1 is 1.08 bits per heavy atom. The summed E-state index contributed by atoms with van der Waals surface area (Å²) in [4.78, 5) is 20.3. The third kappa shape index (κ3) is 7.02. The van der Waals surface area contributed by atoms with E-state index in [0.717, 1.165) is 79.4 Å². The molecular weight excluding hydrogens is 544 g/mol. The van der Waals surface area contributed by atoms with E-state index in [1.807, 2.05) is 24.3 Å². The van der Waals surface area contributed by atoms with Crippen molar-refractivity contribution in [3.63, 3.8) is 0 Å². The highest BCUT2D eigenvalue weighted by Crippen LogP contribution is 2.34. The van der Waals surface area contributed by atoms with Crippen molar-refractivity contribution in [1.29, 1.82) is 0 Å². The maximum atomic E-state index is 12.8. The second-order valence-electron chi connectivity index (χ2n) is 9.14. The van der Waals surface area contributed by atoms with Gasteiger partial charge in [-0.15, -0.1) is 24.8 Å². The molecule has 0 unspecified atom stereocenters. The van der Waals surface area contributed by atoms with Crippen molar-refractivity contribution >= 4 is 54.2 Å². The fourth-order valence-corrected chi connectivity index (χ4v) is 5.71. The fourth-order valence-electron chi connectivity index (χ4n) is 4.70. The Kier molecular flexibility index (Phi) is 9.97. The van der Waals surface area contributed by atoms with E-state index in [4.69, 9.17) is 0 Å². The lowest BCUT2D eigenvalue weighted by Gasteiger charge is -2.32. The first kappa shape index (κ1) is 29.4. The van der Waals surface area contributed by atoms with Crippen LogP contribution in [0.5, 0.6) is 0 Å². The van der Waals surface area contributed by atoms with Crippen LogP contribution >= 0.6 is 36.6 Å². The zero-order valence-corrected chi connectivity index (χ0v) is 22.5. The van der Waals surface area contributed by atoms with Gasteiger partial charge in [0.15, 0.2) is 0 Å². The zero-order chi connectivity index (χ0) is 24.4. The number of imidazole rings is 1. The Hall–Kier alpha value is -2.20. The van der Waals surface area contributed by atoms with Crippen LogP contribution in [0.3, 0.4) is 0 Å². The van der Waals surface area contributed by atoms with Crippen molar-refractivity contribution in [3.8, 4) is 0 Å². The van der Waals surface area contributed by atoms with Gasteiger partial charge >= 0.3 is 6.18 Å². The molecule has 0 spiro atoms. The van der Waals surface area contributed by atoms with Crippen molar-refractivity contribution in [2.45, 2.75) is 36.9 Å². The van der Waals surface area contributed by atoms with Gasteiger partial charge in [-0.2, -0.15) is 13.2 Å². The first-order chi connectivity index (χ1) is 16.9. The lowest BCUT2D eigenvalue weighted by molar-refractivity contribution is -0.137. The number of aromatic nitrogens is 2. The van der Waals surface area contributed by atoms with E-state index in [1.165, 1.54) is 11.8 Å². The molecule has 0 saturated carbocycles. The quantitative estimate of drug-likeness (QED) is 0.371. The normalized spacial score (nSPS) is 16.0. The molecule has 5 nitrogen and oxygen atoms in total. The van der Waals surface area contributed by atoms with Crippen molar-refractivity contribution in [2.75, 3.05) is 26.2 Å². The summed E-state index contributed by atoms with van der Waals surface area (Å²) in [7, 11) is 0. The van der Waals surface area contributed by atoms with Gasteiger partial charge in [-0.3, -0.25) is 9.20 Å². The summed E-state index contributed by atoms with van der Waals surface area (Å²) >= 11 is 1.47. The number of halogens is 5. The maximum absolute atomic E-state index is 12.8. The average molecular weight is 574 g/mol. The summed E-state index contributed by atoms with van der Waals surface area (Å²) in [6.07, 6.45) is 3.14. The van der Waals surface area contributed by atoms with Gasteiger partial charge in [0.25, 0.3) is 5.91 Å². The number of hydrogen-bond donors (Lipinski definition) is 1. The minimum atomic E-state index is -4.28. The minimum absolute atomic E-state index is 0. The summed E-state index contributed by atoms with van der Waals surface area (Å²) in [5.41, 5.74) is 2.14. The number of rotatable bonds is 7. The Balaban J connectivity index is 0.00000190. The third-order valence-corrected chi connectivity index (χ3v) is 7.77. The average Bonchev–Trinajstić information content (AvgIpc) is 3.27. The molecule has 1 amide bonds. The SMILES string of the molecule is Cl.Cl.O=C(NCC1CCN(CCCc2ccc(C(F)(F)F)cc2)CC1)C1=Cc2cnc3cccc(n23)S1. The molecule has 1 saturated heterocycles. The molecule has 200 valence electrons. The summed E-state index contributed by atoms with van der Waals surface area (Å²) in [6.45, 7) is 3.56. The number of nitrogens with one attached hydrogen (secondary N) is 1. The van der Waals surface area contributed by atoms with Crippen molar-refractivity contribution in [3.05, 3.63) is 70.4 Å². The van der Waals surface area contributed by atoms with Crippen molar-refractivity contribution in [1.82, 2.24) is 19.6 Å². The van der Waals surface area contributed by atoms with Crippen LogP contribution in [0.4, 0.5) is 13.2 Å². The van der Waals surface area contributed by atoms with Gasteiger partial charge in [-0.05, 0) is 87.1 Å². The van der Waals surface area contributed by atoms with Gasteiger partial charge in [0, 0.05) is 6.54 Å². The first-order valence-corrected chi connectivity index (χ1v) is 12.7. The summed E-state index contributed by atoms with van der Waals surface area (Å²) in [5, 5.41) is 4.11. The van der Waals surface area contributed by atoms with Crippen LogP contribution in [-0.4, -0.2) is 46.4 Å². The van der Waals surface area contributed by atoms with Crippen LogP contribution in [0.15, 0.2) is 58.6 Å². The molecule has 1 aromatic carbocycles. The number of aryl methyl sites for hydroxylation is 1. The highest BCUT2D eigenvalue weighted by Gasteiger charge is 2.30. The molecule has 3 aromatic rings. The number of likely N-dealkylation sites (tertiary alicyclic amines) is 1. The van der Waals surface area contributed by atoms with E-state index < -0.39 is 11.7 Å². The largest absolute Gasteiger partial charge is 0.416 e. The highest BCUT2D eigenvalue weighted by atomic mass is 35.5. The van der Waals surface area contributed by atoms with Gasteiger partial charge in [0.2, 0.25) is 0 Å². The van der Waals surface area contributed by atoms with E-state index in [-0.39, 0.29) is 30.7 Å². The van der Waals surface area contributed by atoms with E-state index in [1.54, 1.807) is 18.3 Å². The Labute approximate surface area is 230 Å². The molecule has 5 rings (SSSR count). The van der Waals surface area contributed by atoms with Crippen LogP contribution < -0.4 is 5.32 Å². The second-order valence-corrected chi connectivity index (χ2v) is 10.2. The van der Waals surface area contributed by atoms with Gasteiger partial charge in [0.05, 0.1) is 27.4 Å². The molecule has 1 fully saturated rings. The van der Waals surface area contributed by atoms with Crippen molar-refractivity contribution in [2.24, 2.45) is 5.92 Å². The number of carbonyl (C=O) groups is 1. The fraction of sp³-hybridized carbons (Fsp3) is 0.385. The molecule has 37 heavy (non-hydrogen) atoms. The molecular formula is C26H29Cl2F3N4OS. The predicted molar refractivity (Wildman–Crippen MR) is 145 cm³/mol. The molecule has 0 atom stereocenters. The van der Waals surface area contributed by atoms with Gasteiger partial charge in [-0.1, -0.05) is 30.0 Å². The molecule has 0 aliphatic carbocycles. The van der Waals surface area contributed by atoms with Crippen LogP contribution in [0.1, 0.15) is 36.1 Å². The smallest absolute Gasteiger partial charge is 0.351 e. The number of thioether (sulfide) groups is 1. The second kappa shape index (κ2) is 12.6. The van der Waals surface area contributed by atoms with E-state index in [2.05, 4.69) is 19.6 Å². The number of benzene rings is 1. The maximum Gasteiger partial charge on any atom is 0.416 e. The number of nitrogens with zero attached hydrogens (tertiary/aromatic N) is 3. The third-order valence-electron chi connectivity index (χ3n) is 6.72. The number of alkyl halides is 3. The number of amides is 1. The molecule has 2 aliphatic rings. The summed E-state index contributed by atoms with van der Waals surface area (Å²) in [5.74, 6) is 0.409. The van der Waals surface area contributed by atoms with Gasteiger partial charge in [0.1, 0.15) is 5.65 Å². The predicted octanol–water partition coefficient (Wildman–Crippen LogP) is 6.10. The topological polar surface area (TPSA) is 49.6 Å².